The van der Waals surface area contributed by atoms with Crippen molar-refractivity contribution in [1.82, 2.24) is 9.78 Å². The average Bonchev–Trinajstić information content (AvgIpc) is 2.66. The molecule has 0 saturated heterocycles. The molecule has 0 spiro atoms. The molecule has 0 aliphatic carbocycles. The van der Waals surface area contributed by atoms with E-state index in [9.17, 15) is 9.18 Å². The van der Waals surface area contributed by atoms with Crippen LogP contribution in [0, 0.1) is 19.7 Å². The summed E-state index contributed by atoms with van der Waals surface area (Å²) in [4.78, 5) is 12.1. The second-order valence-electron chi connectivity index (χ2n) is 5.22. The van der Waals surface area contributed by atoms with Gasteiger partial charge in [-0.2, -0.15) is 5.10 Å². The minimum absolute atomic E-state index is 0.0367. The van der Waals surface area contributed by atoms with Gasteiger partial charge in [-0.1, -0.05) is 15.9 Å². The Morgan fingerprint density at radius 1 is 1.38 bits per heavy atom. The van der Waals surface area contributed by atoms with Gasteiger partial charge in [-0.15, -0.1) is 0 Å². The number of aryl methyl sites for hydroxylation is 2. The van der Waals surface area contributed by atoms with E-state index in [1.54, 1.807) is 12.1 Å². The van der Waals surface area contributed by atoms with Crippen molar-refractivity contribution < 1.29 is 9.18 Å². The molecule has 0 aliphatic rings. The molecule has 0 atom stereocenters. The van der Waals surface area contributed by atoms with E-state index in [-0.39, 0.29) is 18.0 Å². The summed E-state index contributed by atoms with van der Waals surface area (Å²) >= 11 is 3.29. The number of nitrogens with zero attached hydrogens (tertiary/aromatic N) is 2. The Labute approximate surface area is 132 Å². The van der Waals surface area contributed by atoms with Crippen LogP contribution in [0.5, 0.6) is 0 Å². The van der Waals surface area contributed by atoms with Crippen molar-refractivity contribution in [3.63, 3.8) is 0 Å². The Morgan fingerprint density at radius 3 is 2.71 bits per heavy atom. The van der Waals surface area contributed by atoms with Crippen molar-refractivity contribution in [2.75, 3.05) is 0 Å². The van der Waals surface area contributed by atoms with Gasteiger partial charge in [0.25, 0.3) is 0 Å². The Bertz CT molecular complexity index is 679. The molecular weight excluding hydrogens is 335 g/mol. The molecule has 0 radical (unpaired) electrons. The standard InChI is InChI=1S/C16H18BrFN2O/c1-10-15(11(2)20(3)19-10)6-5-14(21)9-12-8-13(17)4-7-16(12)18/h4,7-8H,5-6,9H2,1-3H3. The minimum atomic E-state index is -0.333. The highest BCUT2D eigenvalue weighted by molar-refractivity contribution is 9.10. The van der Waals surface area contributed by atoms with E-state index < -0.39 is 0 Å². The highest BCUT2D eigenvalue weighted by Gasteiger charge is 2.13. The van der Waals surface area contributed by atoms with Crippen LogP contribution in [0.25, 0.3) is 0 Å². The molecule has 2 rings (SSSR count). The van der Waals surface area contributed by atoms with Gasteiger partial charge < -0.3 is 0 Å². The van der Waals surface area contributed by atoms with Gasteiger partial charge in [0.1, 0.15) is 11.6 Å². The zero-order valence-electron chi connectivity index (χ0n) is 12.4. The van der Waals surface area contributed by atoms with Crippen LogP contribution in [0.3, 0.4) is 0 Å². The fraction of sp³-hybridized carbons (Fsp3) is 0.375. The molecule has 0 N–H and O–H groups in total. The predicted octanol–water partition coefficient (Wildman–Crippen LogP) is 3.68. The van der Waals surface area contributed by atoms with E-state index in [1.165, 1.54) is 6.07 Å². The van der Waals surface area contributed by atoms with Crippen molar-refractivity contribution in [2.24, 2.45) is 7.05 Å². The molecule has 0 amide bonds. The Morgan fingerprint density at radius 2 is 2.10 bits per heavy atom. The number of carbonyl (C=O) groups is 1. The maximum absolute atomic E-state index is 13.6. The van der Waals surface area contributed by atoms with E-state index in [0.29, 0.717) is 18.4 Å². The van der Waals surface area contributed by atoms with Gasteiger partial charge in [-0.3, -0.25) is 9.48 Å². The highest BCUT2D eigenvalue weighted by Crippen LogP contribution is 2.18. The van der Waals surface area contributed by atoms with E-state index in [2.05, 4.69) is 21.0 Å². The zero-order chi connectivity index (χ0) is 15.6. The molecule has 2 aromatic rings. The fourth-order valence-corrected chi connectivity index (χ4v) is 2.83. The van der Waals surface area contributed by atoms with Crippen LogP contribution in [0.2, 0.25) is 0 Å². The predicted molar refractivity (Wildman–Crippen MR) is 83.8 cm³/mol. The number of hydrogen-bond acceptors (Lipinski definition) is 2. The molecule has 0 fully saturated rings. The number of halogens is 2. The van der Waals surface area contributed by atoms with Crippen molar-refractivity contribution >= 4 is 21.7 Å². The largest absolute Gasteiger partial charge is 0.299 e. The van der Waals surface area contributed by atoms with Crippen molar-refractivity contribution in [3.05, 3.63) is 51.0 Å². The summed E-state index contributed by atoms with van der Waals surface area (Å²) in [6.45, 7) is 3.94. The number of hydrogen-bond donors (Lipinski definition) is 0. The Balaban J connectivity index is 2.01. The van der Waals surface area contributed by atoms with Crippen LogP contribution in [0.15, 0.2) is 22.7 Å². The number of ketones is 1. The SMILES string of the molecule is Cc1nn(C)c(C)c1CCC(=O)Cc1cc(Br)ccc1F. The van der Waals surface area contributed by atoms with E-state index in [1.807, 2.05) is 25.6 Å². The van der Waals surface area contributed by atoms with Crippen LogP contribution in [0.4, 0.5) is 4.39 Å². The zero-order valence-corrected chi connectivity index (χ0v) is 14.0. The Hall–Kier alpha value is -1.49. The summed E-state index contributed by atoms with van der Waals surface area (Å²) in [6.07, 6.45) is 1.18. The van der Waals surface area contributed by atoms with Crippen molar-refractivity contribution in [2.45, 2.75) is 33.1 Å². The van der Waals surface area contributed by atoms with Gasteiger partial charge in [-0.25, -0.2) is 4.39 Å². The molecule has 5 heteroatoms. The lowest BCUT2D eigenvalue weighted by atomic mass is 10.0. The van der Waals surface area contributed by atoms with Gasteiger partial charge in [-0.05, 0) is 49.6 Å². The summed E-state index contributed by atoms with van der Waals surface area (Å²) in [6, 6.07) is 4.67. The van der Waals surface area contributed by atoms with Gasteiger partial charge in [0.2, 0.25) is 0 Å². The molecular formula is C16H18BrFN2O. The molecule has 0 unspecified atom stereocenters. The minimum Gasteiger partial charge on any atom is -0.299 e. The topological polar surface area (TPSA) is 34.9 Å². The lowest BCUT2D eigenvalue weighted by Crippen LogP contribution is -2.07. The van der Waals surface area contributed by atoms with Crippen molar-refractivity contribution in [1.29, 1.82) is 0 Å². The molecule has 112 valence electrons. The fourth-order valence-electron chi connectivity index (χ4n) is 2.42. The first-order valence-corrected chi connectivity index (χ1v) is 7.62. The number of rotatable bonds is 5. The van der Waals surface area contributed by atoms with Crippen LogP contribution >= 0.6 is 15.9 Å². The number of Topliss-reactive ketones (excluding diaryl/α,β-unsaturated/α-hetero) is 1. The third-order valence-corrected chi connectivity index (χ3v) is 4.20. The smallest absolute Gasteiger partial charge is 0.137 e. The van der Waals surface area contributed by atoms with Gasteiger partial charge in [0.05, 0.1) is 5.69 Å². The van der Waals surface area contributed by atoms with Crippen molar-refractivity contribution in [3.8, 4) is 0 Å². The second kappa shape index (κ2) is 6.52. The number of carbonyl (C=O) groups excluding carboxylic acids is 1. The Kier molecular flexibility index (Phi) is 4.93. The summed E-state index contributed by atoms with van der Waals surface area (Å²) in [5.41, 5.74) is 3.58. The first-order chi connectivity index (χ1) is 9.88. The molecule has 0 bridgehead atoms. The molecule has 0 aliphatic heterocycles. The number of aromatic nitrogens is 2. The highest BCUT2D eigenvalue weighted by atomic mass is 79.9. The molecule has 3 nitrogen and oxygen atoms in total. The maximum Gasteiger partial charge on any atom is 0.137 e. The van der Waals surface area contributed by atoms with Crippen LogP contribution in [-0.4, -0.2) is 15.6 Å². The van der Waals surface area contributed by atoms with Crippen LogP contribution in [-0.2, 0) is 24.7 Å². The molecule has 1 aromatic carbocycles. The third-order valence-electron chi connectivity index (χ3n) is 3.71. The summed E-state index contributed by atoms with van der Waals surface area (Å²) in [7, 11) is 1.89. The van der Waals surface area contributed by atoms with Crippen LogP contribution in [0.1, 0.15) is 28.9 Å². The van der Waals surface area contributed by atoms with Gasteiger partial charge >= 0.3 is 0 Å². The molecule has 21 heavy (non-hydrogen) atoms. The summed E-state index contributed by atoms with van der Waals surface area (Å²) in [5, 5.41) is 4.34. The lowest BCUT2D eigenvalue weighted by molar-refractivity contribution is -0.118. The van der Waals surface area contributed by atoms with E-state index in [0.717, 1.165) is 21.4 Å². The summed E-state index contributed by atoms with van der Waals surface area (Å²) in [5.74, 6) is -0.296. The molecule has 1 aromatic heterocycles. The van der Waals surface area contributed by atoms with Crippen LogP contribution < -0.4 is 0 Å². The monoisotopic (exact) mass is 352 g/mol. The quantitative estimate of drug-likeness (QED) is 0.822. The number of benzene rings is 1. The first kappa shape index (κ1) is 15.9. The molecule has 1 heterocycles. The second-order valence-corrected chi connectivity index (χ2v) is 6.14. The first-order valence-electron chi connectivity index (χ1n) is 6.83. The average molecular weight is 353 g/mol. The normalized spacial score (nSPS) is 10.9. The lowest BCUT2D eigenvalue weighted by Gasteiger charge is -2.05. The van der Waals surface area contributed by atoms with E-state index >= 15 is 0 Å². The van der Waals surface area contributed by atoms with Gasteiger partial charge in [0, 0.05) is 30.1 Å². The summed E-state index contributed by atoms with van der Waals surface area (Å²) < 4.78 is 16.2. The maximum atomic E-state index is 13.6. The third kappa shape index (κ3) is 3.79. The molecule has 0 saturated carbocycles. The van der Waals surface area contributed by atoms with Gasteiger partial charge in [0.15, 0.2) is 0 Å². The van der Waals surface area contributed by atoms with E-state index in [4.69, 9.17) is 0 Å².